The van der Waals surface area contributed by atoms with E-state index in [4.69, 9.17) is 16.3 Å². The summed E-state index contributed by atoms with van der Waals surface area (Å²) in [6.07, 6.45) is 1.87. The van der Waals surface area contributed by atoms with E-state index < -0.39 is 28.1 Å². The number of carbonyl (C=O) groups is 3. The lowest BCUT2D eigenvalue weighted by molar-refractivity contribution is -0.385. The molecule has 2 aliphatic rings. The van der Waals surface area contributed by atoms with E-state index >= 15 is 0 Å². The molecule has 0 N–H and O–H groups in total. The molecule has 2 aliphatic carbocycles. The molecule has 0 amide bonds. The van der Waals surface area contributed by atoms with Crippen LogP contribution in [0.1, 0.15) is 43.0 Å². The topological polar surface area (TPSA) is 104 Å². The fraction of sp³-hybridized carbons (Fsp3) is 0.389. The number of benzene rings is 1. The number of ether oxygens (including phenoxy) is 1. The van der Waals surface area contributed by atoms with Crippen LogP contribution in [0, 0.1) is 22.0 Å². The lowest BCUT2D eigenvalue weighted by Gasteiger charge is -2.24. The molecule has 0 aromatic heterocycles. The van der Waals surface area contributed by atoms with Crippen molar-refractivity contribution in [3.8, 4) is 0 Å². The highest BCUT2D eigenvalue weighted by Gasteiger charge is 2.45. The highest BCUT2D eigenvalue weighted by molar-refractivity contribution is 6.32. The summed E-state index contributed by atoms with van der Waals surface area (Å²) >= 11 is 5.79. The summed E-state index contributed by atoms with van der Waals surface area (Å²) in [5.74, 6) is -2.20. The second-order valence-corrected chi connectivity index (χ2v) is 6.82. The number of esters is 1. The van der Waals surface area contributed by atoms with Crippen LogP contribution in [-0.2, 0) is 14.3 Å². The van der Waals surface area contributed by atoms with Crippen LogP contribution < -0.4 is 0 Å². The van der Waals surface area contributed by atoms with Gasteiger partial charge in [-0.05, 0) is 31.4 Å². The average molecular weight is 378 g/mol. The molecule has 0 saturated heterocycles. The normalized spacial score (nSPS) is 21.7. The SMILES string of the molecule is CCC(=O)OC1=C(C(=O)c2ccc(Cl)cc2[N+](=O)[O-])C(=O)C2CCC1C2. The van der Waals surface area contributed by atoms with Gasteiger partial charge in [-0.15, -0.1) is 0 Å². The Morgan fingerprint density at radius 2 is 2.00 bits per heavy atom. The van der Waals surface area contributed by atoms with Crippen molar-refractivity contribution in [3.05, 3.63) is 50.2 Å². The smallest absolute Gasteiger partial charge is 0.310 e. The second kappa shape index (κ2) is 6.99. The van der Waals surface area contributed by atoms with Crippen LogP contribution in [-0.4, -0.2) is 22.5 Å². The number of nitro benzene ring substituents is 1. The molecular formula is C18H16ClNO6. The lowest BCUT2D eigenvalue weighted by Crippen LogP contribution is -2.29. The molecule has 3 rings (SSSR count). The van der Waals surface area contributed by atoms with Crippen molar-refractivity contribution in [3.63, 3.8) is 0 Å². The maximum atomic E-state index is 13.0. The number of Topliss-reactive ketones (excluding diaryl/α,β-unsaturated/α-hetero) is 2. The number of carbonyl (C=O) groups excluding carboxylic acids is 3. The molecule has 2 unspecified atom stereocenters. The van der Waals surface area contributed by atoms with Gasteiger partial charge in [-0.3, -0.25) is 24.5 Å². The molecule has 1 saturated carbocycles. The van der Waals surface area contributed by atoms with Gasteiger partial charge in [0.2, 0.25) is 5.78 Å². The van der Waals surface area contributed by atoms with Gasteiger partial charge >= 0.3 is 5.97 Å². The van der Waals surface area contributed by atoms with E-state index in [-0.39, 0.29) is 40.2 Å². The summed E-state index contributed by atoms with van der Waals surface area (Å²) in [5, 5.41) is 11.4. The van der Waals surface area contributed by atoms with Crippen molar-refractivity contribution in [1.82, 2.24) is 0 Å². The Kier molecular flexibility index (Phi) is 4.91. The summed E-state index contributed by atoms with van der Waals surface area (Å²) in [4.78, 5) is 48.1. The van der Waals surface area contributed by atoms with E-state index in [0.717, 1.165) is 6.07 Å². The molecule has 0 radical (unpaired) electrons. The van der Waals surface area contributed by atoms with E-state index in [2.05, 4.69) is 0 Å². The minimum atomic E-state index is -0.797. The number of hydrogen-bond donors (Lipinski definition) is 0. The van der Waals surface area contributed by atoms with Gasteiger partial charge in [-0.1, -0.05) is 18.5 Å². The third-order valence-electron chi connectivity index (χ3n) is 4.81. The largest absolute Gasteiger partial charge is 0.430 e. The Hall–Kier alpha value is -2.54. The number of ketones is 2. The van der Waals surface area contributed by atoms with Gasteiger partial charge in [0.05, 0.1) is 4.92 Å². The van der Waals surface area contributed by atoms with E-state index in [1.165, 1.54) is 12.1 Å². The van der Waals surface area contributed by atoms with Crippen LogP contribution >= 0.6 is 11.6 Å². The Labute approximate surface area is 154 Å². The number of nitro groups is 1. The summed E-state index contributed by atoms with van der Waals surface area (Å²) in [5.41, 5.74) is -0.966. The maximum Gasteiger partial charge on any atom is 0.310 e. The summed E-state index contributed by atoms with van der Waals surface area (Å²) in [6, 6.07) is 3.63. The van der Waals surface area contributed by atoms with Crippen LogP contribution in [0.25, 0.3) is 0 Å². The molecule has 26 heavy (non-hydrogen) atoms. The molecule has 8 heteroatoms. The predicted molar refractivity (Wildman–Crippen MR) is 91.7 cm³/mol. The van der Waals surface area contributed by atoms with Gasteiger partial charge < -0.3 is 4.74 Å². The Morgan fingerprint density at radius 1 is 1.31 bits per heavy atom. The van der Waals surface area contributed by atoms with Gasteiger partial charge in [0.1, 0.15) is 16.9 Å². The molecule has 2 atom stereocenters. The fourth-order valence-electron chi connectivity index (χ4n) is 3.52. The highest BCUT2D eigenvalue weighted by Crippen LogP contribution is 2.45. The first-order valence-corrected chi connectivity index (χ1v) is 8.69. The van der Waals surface area contributed by atoms with Crippen molar-refractivity contribution in [2.24, 2.45) is 11.8 Å². The van der Waals surface area contributed by atoms with Crippen LogP contribution in [0.3, 0.4) is 0 Å². The lowest BCUT2D eigenvalue weighted by atomic mass is 9.83. The first-order valence-electron chi connectivity index (χ1n) is 8.31. The zero-order valence-electron chi connectivity index (χ0n) is 14.0. The van der Waals surface area contributed by atoms with E-state index in [1.807, 2.05) is 0 Å². The number of halogens is 1. The molecule has 0 spiro atoms. The van der Waals surface area contributed by atoms with Gasteiger partial charge in [-0.2, -0.15) is 0 Å². The van der Waals surface area contributed by atoms with Crippen LogP contribution in [0.5, 0.6) is 0 Å². The van der Waals surface area contributed by atoms with Gasteiger partial charge in [0.25, 0.3) is 5.69 Å². The Balaban J connectivity index is 2.13. The third-order valence-corrected chi connectivity index (χ3v) is 5.04. The van der Waals surface area contributed by atoms with Crippen molar-refractivity contribution < 1.29 is 24.0 Å². The van der Waals surface area contributed by atoms with Crippen LogP contribution in [0.2, 0.25) is 5.02 Å². The standard InChI is InChI=1S/C18H16ClNO6/c1-2-14(21)26-18-10-4-3-9(7-10)16(22)15(18)17(23)12-6-5-11(19)8-13(12)20(24)25/h5-6,8-10H,2-4,7H2,1H3. The predicted octanol–water partition coefficient (Wildman–Crippen LogP) is 3.64. The third kappa shape index (κ3) is 3.14. The summed E-state index contributed by atoms with van der Waals surface area (Å²) in [6.45, 7) is 1.61. The average Bonchev–Trinajstić information content (AvgIpc) is 3.05. The molecule has 1 aromatic rings. The second-order valence-electron chi connectivity index (χ2n) is 6.39. The molecule has 7 nitrogen and oxygen atoms in total. The zero-order valence-corrected chi connectivity index (χ0v) is 14.7. The quantitative estimate of drug-likeness (QED) is 0.255. The van der Waals surface area contributed by atoms with Crippen molar-refractivity contribution in [1.29, 1.82) is 0 Å². The fourth-order valence-corrected chi connectivity index (χ4v) is 3.69. The zero-order chi connectivity index (χ0) is 19.0. The van der Waals surface area contributed by atoms with Crippen molar-refractivity contribution >= 4 is 34.8 Å². The van der Waals surface area contributed by atoms with E-state index in [9.17, 15) is 24.5 Å². The summed E-state index contributed by atoms with van der Waals surface area (Å²) < 4.78 is 5.32. The van der Waals surface area contributed by atoms with Crippen LogP contribution in [0.15, 0.2) is 29.5 Å². The minimum Gasteiger partial charge on any atom is -0.430 e. The maximum absolute atomic E-state index is 13.0. The number of rotatable bonds is 5. The molecule has 0 heterocycles. The van der Waals surface area contributed by atoms with Gasteiger partial charge in [0.15, 0.2) is 5.78 Å². The molecule has 0 aliphatic heterocycles. The van der Waals surface area contributed by atoms with E-state index in [0.29, 0.717) is 19.3 Å². The van der Waals surface area contributed by atoms with Crippen molar-refractivity contribution in [2.45, 2.75) is 32.6 Å². The molecule has 1 aromatic carbocycles. The molecule has 1 fully saturated rings. The number of fused-ring (bicyclic) bond motifs is 2. The van der Waals surface area contributed by atoms with Crippen LogP contribution in [0.4, 0.5) is 5.69 Å². The number of nitrogens with zero attached hydrogens (tertiary/aromatic N) is 1. The van der Waals surface area contributed by atoms with Crippen molar-refractivity contribution in [2.75, 3.05) is 0 Å². The first-order chi connectivity index (χ1) is 12.3. The molecular weight excluding hydrogens is 362 g/mol. The van der Waals surface area contributed by atoms with Gasteiger partial charge in [-0.25, -0.2) is 0 Å². The molecule has 136 valence electrons. The Morgan fingerprint density at radius 3 is 2.65 bits per heavy atom. The van der Waals surface area contributed by atoms with Gasteiger partial charge in [0, 0.05) is 29.3 Å². The number of hydrogen-bond acceptors (Lipinski definition) is 6. The van der Waals surface area contributed by atoms with E-state index in [1.54, 1.807) is 6.92 Å². The Bertz CT molecular complexity index is 859. The minimum absolute atomic E-state index is 0.0600. The summed E-state index contributed by atoms with van der Waals surface area (Å²) in [7, 11) is 0. The molecule has 2 bridgehead atoms. The highest BCUT2D eigenvalue weighted by atomic mass is 35.5. The monoisotopic (exact) mass is 377 g/mol. The number of allylic oxidation sites excluding steroid dienone is 2. The first kappa shape index (κ1) is 18.3.